The van der Waals surface area contributed by atoms with Crippen LogP contribution in [-0.2, 0) is 6.54 Å². The maximum atomic E-state index is 5.25. The van der Waals surface area contributed by atoms with Gasteiger partial charge in [-0.3, -0.25) is 4.98 Å². The summed E-state index contributed by atoms with van der Waals surface area (Å²) in [5, 5.41) is 3.11. The maximum absolute atomic E-state index is 5.25. The number of aryl methyl sites for hydroxylation is 2. The Balaban J connectivity index is 1.64. The normalized spacial score (nSPS) is 10.9. The summed E-state index contributed by atoms with van der Waals surface area (Å²) >= 11 is 1.65. The van der Waals surface area contributed by atoms with E-state index in [1.165, 1.54) is 11.3 Å². The molecule has 0 unspecified atom stereocenters. The van der Waals surface area contributed by atoms with E-state index in [2.05, 4.69) is 52.2 Å². The van der Waals surface area contributed by atoms with E-state index in [-0.39, 0.29) is 0 Å². The van der Waals surface area contributed by atoms with Gasteiger partial charge in [0.1, 0.15) is 10.8 Å². The fourth-order valence-corrected chi connectivity index (χ4v) is 3.84. The number of hydrogen-bond donors (Lipinski definition) is 0. The highest BCUT2D eigenvalue weighted by atomic mass is 32.1. The second-order valence-electron chi connectivity index (χ2n) is 6.52. The highest BCUT2D eigenvalue weighted by Gasteiger charge is 2.13. The molecule has 0 radical (unpaired) electrons. The van der Waals surface area contributed by atoms with E-state index < -0.39 is 0 Å². The van der Waals surface area contributed by atoms with Crippen LogP contribution in [0.5, 0.6) is 5.75 Å². The molecule has 0 amide bonds. The van der Waals surface area contributed by atoms with Gasteiger partial charge in [-0.1, -0.05) is 12.1 Å². The predicted octanol–water partition coefficient (Wildman–Crippen LogP) is 5.35. The average Bonchev–Trinajstić information content (AvgIpc) is 3.31. The van der Waals surface area contributed by atoms with Gasteiger partial charge >= 0.3 is 0 Å². The van der Waals surface area contributed by atoms with E-state index in [1.807, 2.05) is 31.3 Å². The average molecular weight is 375 g/mol. The minimum absolute atomic E-state index is 0.803. The van der Waals surface area contributed by atoms with Gasteiger partial charge in [0.15, 0.2) is 0 Å². The molecule has 3 heterocycles. The largest absolute Gasteiger partial charge is 0.497 e. The predicted molar refractivity (Wildman–Crippen MR) is 110 cm³/mol. The van der Waals surface area contributed by atoms with E-state index in [4.69, 9.17) is 9.72 Å². The Morgan fingerprint density at radius 3 is 2.52 bits per heavy atom. The fourth-order valence-electron chi connectivity index (χ4n) is 3.03. The van der Waals surface area contributed by atoms with Gasteiger partial charge in [-0.05, 0) is 55.8 Å². The van der Waals surface area contributed by atoms with Gasteiger partial charge in [-0.2, -0.15) is 0 Å². The molecule has 4 aromatic rings. The van der Waals surface area contributed by atoms with Gasteiger partial charge in [0, 0.05) is 35.1 Å². The van der Waals surface area contributed by atoms with Crippen molar-refractivity contribution in [2.75, 3.05) is 7.11 Å². The topological polar surface area (TPSA) is 39.9 Å². The molecule has 0 saturated heterocycles. The molecule has 27 heavy (non-hydrogen) atoms. The third-order valence-corrected chi connectivity index (χ3v) is 5.51. The molecule has 0 bridgehead atoms. The lowest BCUT2D eigenvalue weighted by atomic mass is 10.2. The summed E-state index contributed by atoms with van der Waals surface area (Å²) in [5.74, 6) is 0.874. The smallest absolute Gasteiger partial charge is 0.125 e. The van der Waals surface area contributed by atoms with E-state index in [9.17, 15) is 0 Å². The Morgan fingerprint density at radius 1 is 1.00 bits per heavy atom. The van der Waals surface area contributed by atoms with Crippen molar-refractivity contribution in [2.45, 2.75) is 20.4 Å². The summed E-state index contributed by atoms with van der Waals surface area (Å²) in [6, 6.07) is 16.6. The van der Waals surface area contributed by atoms with Crippen LogP contribution in [0.1, 0.15) is 17.0 Å². The van der Waals surface area contributed by atoms with E-state index in [0.717, 1.165) is 39.9 Å². The maximum Gasteiger partial charge on any atom is 0.125 e. The summed E-state index contributed by atoms with van der Waals surface area (Å²) < 4.78 is 7.55. The zero-order valence-corrected chi connectivity index (χ0v) is 16.5. The molecule has 0 saturated carbocycles. The van der Waals surface area contributed by atoms with Crippen LogP contribution in [0.4, 0.5) is 0 Å². The molecule has 5 heteroatoms. The van der Waals surface area contributed by atoms with Crippen LogP contribution in [0.25, 0.3) is 22.0 Å². The number of aromatic nitrogens is 3. The lowest BCUT2D eigenvalue weighted by Gasteiger charge is -2.11. The number of benzene rings is 1. The Labute approximate surface area is 163 Å². The molecule has 4 nitrogen and oxygen atoms in total. The first-order valence-corrected chi connectivity index (χ1v) is 9.70. The molecule has 0 atom stereocenters. The number of rotatable bonds is 5. The lowest BCUT2D eigenvalue weighted by Crippen LogP contribution is -2.03. The van der Waals surface area contributed by atoms with Gasteiger partial charge in [-0.25, -0.2) is 4.98 Å². The molecule has 0 aliphatic heterocycles. The third-order valence-electron chi connectivity index (χ3n) is 4.62. The minimum atomic E-state index is 0.803. The zero-order valence-electron chi connectivity index (χ0n) is 15.6. The monoisotopic (exact) mass is 375 g/mol. The summed E-state index contributed by atoms with van der Waals surface area (Å²) in [7, 11) is 1.69. The molecular formula is C22H21N3OS. The number of thiazole rings is 1. The van der Waals surface area contributed by atoms with Gasteiger partial charge in [-0.15, -0.1) is 11.3 Å². The van der Waals surface area contributed by atoms with Crippen molar-refractivity contribution in [2.24, 2.45) is 0 Å². The van der Waals surface area contributed by atoms with Crippen molar-refractivity contribution in [3.8, 4) is 27.7 Å². The Hall–Kier alpha value is -2.92. The van der Waals surface area contributed by atoms with Crippen LogP contribution in [0.15, 0.2) is 60.1 Å². The number of hydrogen-bond acceptors (Lipinski definition) is 4. The van der Waals surface area contributed by atoms with E-state index >= 15 is 0 Å². The summed E-state index contributed by atoms with van der Waals surface area (Å²) in [5.41, 5.74) is 6.64. The van der Waals surface area contributed by atoms with Gasteiger partial charge in [0.05, 0.1) is 18.5 Å². The SMILES string of the molecule is COc1ccc(Cn2c(C)ccc2-c2csc(-c3ccc(C)nc3)n2)cc1. The number of methoxy groups -OCH3 is 1. The number of ether oxygens (including phenoxy) is 1. The van der Waals surface area contributed by atoms with Gasteiger partial charge < -0.3 is 9.30 Å². The highest BCUT2D eigenvalue weighted by Crippen LogP contribution is 2.30. The standard InChI is InChI=1S/C22H21N3OS/c1-15-4-8-18(12-23-15)22-24-20(14-27-22)21-11-5-16(2)25(21)13-17-6-9-19(26-3)10-7-17/h4-12,14H,13H2,1-3H3. The number of pyridine rings is 1. The first-order chi connectivity index (χ1) is 13.1. The number of nitrogens with zero attached hydrogens (tertiary/aromatic N) is 3. The van der Waals surface area contributed by atoms with Crippen molar-refractivity contribution < 1.29 is 4.74 Å². The molecule has 0 spiro atoms. The first kappa shape index (κ1) is 17.5. The Morgan fingerprint density at radius 2 is 1.81 bits per heavy atom. The molecule has 3 aromatic heterocycles. The second kappa shape index (κ2) is 7.37. The highest BCUT2D eigenvalue weighted by molar-refractivity contribution is 7.13. The Bertz CT molecular complexity index is 1050. The summed E-state index contributed by atoms with van der Waals surface area (Å²) in [6.45, 7) is 4.92. The van der Waals surface area contributed by atoms with Crippen molar-refractivity contribution >= 4 is 11.3 Å². The molecule has 0 N–H and O–H groups in total. The van der Waals surface area contributed by atoms with Crippen molar-refractivity contribution in [1.29, 1.82) is 0 Å². The quantitative estimate of drug-likeness (QED) is 0.472. The van der Waals surface area contributed by atoms with E-state index in [1.54, 1.807) is 18.4 Å². The van der Waals surface area contributed by atoms with Crippen LogP contribution in [0.2, 0.25) is 0 Å². The zero-order chi connectivity index (χ0) is 18.8. The molecular weight excluding hydrogens is 354 g/mol. The molecule has 136 valence electrons. The molecule has 0 fully saturated rings. The summed E-state index contributed by atoms with van der Waals surface area (Å²) in [6.07, 6.45) is 1.89. The minimum Gasteiger partial charge on any atom is -0.497 e. The second-order valence-corrected chi connectivity index (χ2v) is 7.38. The molecule has 1 aromatic carbocycles. The lowest BCUT2D eigenvalue weighted by molar-refractivity contribution is 0.414. The molecule has 0 aliphatic carbocycles. The van der Waals surface area contributed by atoms with Gasteiger partial charge in [0.25, 0.3) is 0 Å². The summed E-state index contributed by atoms with van der Waals surface area (Å²) in [4.78, 5) is 9.24. The van der Waals surface area contributed by atoms with Crippen LogP contribution in [-0.4, -0.2) is 21.6 Å². The third kappa shape index (κ3) is 3.64. The first-order valence-electron chi connectivity index (χ1n) is 8.82. The van der Waals surface area contributed by atoms with Crippen molar-refractivity contribution in [1.82, 2.24) is 14.5 Å². The van der Waals surface area contributed by atoms with Crippen molar-refractivity contribution in [3.05, 3.63) is 77.1 Å². The van der Waals surface area contributed by atoms with Crippen LogP contribution < -0.4 is 4.74 Å². The fraction of sp³-hybridized carbons (Fsp3) is 0.182. The van der Waals surface area contributed by atoms with Crippen LogP contribution in [0.3, 0.4) is 0 Å². The molecule has 4 rings (SSSR count). The van der Waals surface area contributed by atoms with E-state index in [0.29, 0.717) is 0 Å². The Kier molecular flexibility index (Phi) is 4.77. The van der Waals surface area contributed by atoms with Crippen LogP contribution >= 0.6 is 11.3 Å². The molecule has 0 aliphatic rings. The van der Waals surface area contributed by atoms with Crippen LogP contribution in [0, 0.1) is 13.8 Å². The van der Waals surface area contributed by atoms with Gasteiger partial charge in [0.2, 0.25) is 0 Å². The van der Waals surface area contributed by atoms with Crippen molar-refractivity contribution in [3.63, 3.8) is 0 Å².